The summed E-state index contributed by atoms with van der Waals surface area (Å²) < 4.78 is 1.09. The molecule has 0 saturated heterocycles. The summed E-state index contributed by atoms with van der Waals surface area (Å²) in [5, 5.41) is 8.96. The zero-order valence-corrected chi connectivity index (χ0v) is 10.8. The maximum absolute atomic E-state index is 4.42. The number of nitrogens with one attached hydrogen (secondary N) is 1. The highest BCUT2D eigenvalue weighted by molar-refractivity contribution is 9.10. The topological polar surface area (TPSA) is 28.7 Å². The molecule has 0 atom stereocenters. The van der Waals surface area contributed by atoms with Crippen LogP contribution in [0.4, 0.5) is 0 Å². The highest BCUT2D eigenvalue weighted by Gasteiger charge is 2.20. The minimum atomic E-state index is 0.688. The van der Waals surface area contributed by atoms with Gasteiger partial charge in [0.25, 0.3) is 0 Å². The lowest BCUT2D eigenvalue weighted by atomic mass is 9.86. The zero-order chi connectivity index (χ0) is 11.0. The highest BCUT2D eigenvalue weighted by atomic mass is 79.9. The van der Waals surface area contributed by atoms with E-state index in [1.54, 1.807) is 0 Å². The minimum Gasteiger partial charge on any atom is -0.281 e. The second kappa shape index (κ2) is 4.21. The largest absolute Gasteiger partial charge is 0.281 e. The van der Waals surface area contributed by atoms with Gasteiger partial charge in [-0.2, -0.15) is 5.10 Å². The number of para-hydroxylation sites is 1. The number of aromatic nitrogens is 2. The van der Waals surface area contributed by atoms with E-state index in [-0.39, 0.29) is 0 Å². The van der Waals surface area contributed by atoms with Gasteiger partial charge in [-0.25, -0.2) is 0 Å². The Balaban J connectivity index is 2.06. The van der Waals surface area contributed by atoms with E-state index in [0.29, 0.717) is 5.92 Å². The third-order valence-electron chi connectivity index (χ3n) is 3.58. The van der Waals surface area contributed by atoms with E-state index in [4.69, 9.17) is 0 Å². The predicted molar refractivity (Wildman–Crippen MR) is 69.6 cm³/mol. The molecule has 1 N–H and O–H groups in total. The summed E-state index contributed by atoms with van der Waals surface area (Å²) in [7, 11) is 0. The fourth-order valence-electron chi connectivity index (χ4n) is 2.73. The van der Waals surface area contributed by atoms with E-state index in [2.05, 4.69) is 38.3 Å². The van der Waals surface area contributed by atoms with Gasteiger partial charge in [-0.3, -0.25) is 5.10 Å². The van der Waals surface area contributed by atoms with Gasteiger partial charge >= 0.3 is 0 Å². The molecule has 1 aromatic carbocycles. The molecule has 0 radical (unpaired) electrons. The van der Waals surface area contributed by atoms with Gasteiger partial charge in [0.2, 0.25) is 0 Å². The van der Waals surface area contributed by atoms with Gasteiger partial charge < -0.3 is 0 Å². The summed E-state index contributed by atoms with van der Waals surface area (Å²) in [5.74, 6) is 0.688. The van der Waals surface area contributed by atoms with Gasteiger partial charge in [-0.05, 0) is 34.8 Å². The van der Waals surface area contributed by atoms with Crippen LogP contribution < -0.4 is 0 Å². The maximum atomic E-state index is 4.42. The monoisotopic (exact) mass is 278 g/mol. The number of halogens is 1. The van der Waals surface area contributed by atoms with Crippen LogP contribution in [0.5, 0.6) is 0 Å². The molecular weight excluding hydrogens is 264 g/mol. The van der Waals surface area contributed by atoms with E-state index >= 15 is 0 Å². The molecule has 1 aromatic heterocycles. The number of aromatic amines is 1. The van der Waals surface area contributed by atoms with Gasteiger partial charge in [0, 0.05) is 21.5 Å². The zero-order valence-electron chi connectivity index (χ0n) is 9.17. The molecule has 0 bridgehead atoms. The van der Waals surface area contributed by atoms with E-state index in [0.717, 1.165) is 9.99 Å². The number of rotatable bonds is 1. The van der Waals surface area contributed by atoms with Crippen molar-refractivity contribution in [1.29, 1.82) is 0 Å². The molecule has 84 valence electrons. The molecule has 0 aliphatic heterocycles. The first-order valence-corrected chi connectivity index (χ1v) is 6.78. The van der Waals surface area contributed by atoms with Gasteiger partial charge in [-0.15, -0.1) is 0 Å². The number of hydrogen-bond donors (Lipinski definition) is 1. The second-order valence-corrected chi connectivity index (χ2v) is 5.46. The first kappa shape index (κ1) is 10.3. The number of fused-ring (bicyclic) bond motifs is 1. The minimum absolute atomic E-state index is 0.688. The van der Waals surface area contributed by atoms with Crippen molar-refractivity contribution in [2.45, 2.75) is 38.0 Å². The van der Waals surface area contributed by atoms with Crippen molar-refractivity contribution >= 4 is 26.8 Å². The molecule has 1 saturated carbocycles. The third-order valence-corrected chi connectivity index (χ3v) is 4.22. The molecule has 0 spiro atoms. The Morgan fingerprint density at radius 3 is 2.81 bits per heavy atom. The molecule has 3 rings (SSSR count). The van der Waals surface area contributed by atoms with Gasteiger partial charge in [0.05, 0.1) is 0 Å². The first-order chi connectivity index (χ1) is 7.86. The van der Waals surface area contributed by atoms with Crippen molar-refractivity contribution in [3.63, 3.8) is 0 Å². The van der Waals surface area contributed by atoms with Crippen LogP contribution in [0.15, 0.2) is 22.7 Å². The normalized spacial score (nSPS) is 18.1. The molecule has 0 amide bonds. The Bertz CT molecular complexity index is 498. The highest BCUT2D eigenvalue weighted by Crippen LogP contribution is 2.36. The molecule has 0 unspecified atom stereocenters. The van der Waals surface area contributed by atoms with Crippen LogP contribution in [0, 0.1) is 0 Å². The van der Waals surface area contributed by atoms with Gasteiger partial charge in [0.15, 0.2) is 0 Å². The third kappa shape index (κ3) is 1.67. The van der Waals surface area contributed by atoms with Crippen LogP contribution in [0.1, 0.15) is 43.7 Å². The summed E-state index contributed by atoms with van der Waals surface area (Å²) in [6.07, 6.45) is 6.73. The molecule has 1 fully saturated rings. The van der Waals surface area contributed by atoms with Crippen LogP contribution >= 0.6 is 15.9 Å². The van der Waals surface area contributed by atoms with Crippen LogP contribution in [-0.4, -0.2) is 10.2 Å². The van der Waals surface area contributed by atoms with Crippen molar-refractivity contribution in [1.82, 2.24) is 10.2 Å². The predicted octanol–water partition coefficient (Wildman–Crippen LogP) is 4.37. The maximum Gasteiger partial charge on any atom is 0.107 e. The second-order valence-electron chi connectivity index (χ2n) is 4.61. The molecular formula is C13H15BrN2. The fourth-order valence-corrected chi connectivity index (χ4v) is 3.18. The van der Waals surface area contributed by atoms with Gasteiger partial charge in [-0.1, -0.05) is 31.4 Å². The van der Waals surface area contributed by atoms with E-state index in [1.165, 1.54) is 43.2 Å². The summed E-state index contributed by atoms with van der Waals surface area (Å²) in [4.78, 5) is 0. The number of H-pyrrole nitrogens is 1. The lowest BCUT2D eigenvalue weighted by Gasteiger charge is -2.20. The van der Waals surface area contributed by atoms with Crippen molar-refractivity contribution in [2.24, 2.45) is 0 Å². The molecule has 2 aromatic rings. The van der Waals surface area contributed by atoms with Crippen molar-refractivity contribution in [2.75, 3.05) is 0 Å². The van der Waals surface area contributed by atoms with Crippen molar-refractivity contribution in [3.8, 4) is 0 Å². The molecule has 16 heavy (non-hydrogen) atoms. The van der Waals surface area contributed by atoms with Crippen LogP contribution in [-0.2, 0) is 0 Å². The molecule has 1 aliphatic carbocycles. The average Bonchev–Trinajstić information content (AvgIpc) is 2.75. The quantitative estimate of drug-likeness (QED) is 0.824. The Hall–Kier alpha value is -0.830. The number of benzene rings is 1. The number of nitrogens with zero attached hydrogens (tertiary/aromatic N) is 1. The molecule has 1 aliphatic rings. The Morgan fingerprint density at radius 2 is 2.00 bits per heavy atom. The lowest BCUT2D eigenvalue weighted by molar-refractivity contribution is 0.438. The SMILES string of the molecule is Brc1cccc2c(C3CCCCC3)[nH]nc12. The Labute approximate surface area is 104 Å². The van der Waals surface area contributed by atoms with E-state index in [9.17, 15) is 0 Å². The first-order valence-electron chi connectivity index (χ1n) is 5.99. The van der Waals surface area contributed by atoms with E-state index < -0.39 is 0 Å². The standard InChI is InChI=1S/C13H15BrN2/c14-11-8-4-7-10-12(15-16-13(10)11)9-5-2-1-3-6-9/h4,7-9H,1-3,5-6H2,(H,15,16). The van der Waals surface area contributed by atoms with Crippen LogP contribution in [0.25, 0.3) is 10.9 Å². The Kier molecular flexibility index (Phi) is 2.72. The summed E-state index contributed by atoms with van der Waals surface area (Å²) in [6, 6.07) is 6.32. The average molecular weight is 279 g/mol. The van der Waals surface area contributed by atoms with Crippen molar-refractivity contribution in [3.05, 3.63) is 28.4 Å². The summed E-state index contributed by atoms with van der Waals surface area (Å²) >= 11 is 3.55. The summed E-state index contributed by atoms with van der Waals surface area (Å²) in [5.41, 5.74) is 2.42. The van der Waals surface area contributed by atoms with E-state index in [1.807, 2.05) is 6.07 Å². The van der Waals surface area contributed by atoms with Crippen LogP contribution in [0.3, 0.4) is 0 Å². The fraction of sp³-hybridized carbons (Fsp3) is 0.462. The molecule has 1 heterocycles. The smallest absolute Gasteiger partial charge is 0.107 e. The van der Waals surface area contributed by atoms with Crippen molar-refractivity contribution < 1.29 is 0 Å². The Morgan fingerprint density at radius 1 is 1.19 bits per heavy atom. The summed E-state index contributed by atoms with van der Waals surface area (Å²) in [6.45, 7) is 0. The molecule has 2 nitrogen and oxygen atoms in total. The number of hydrogen-bond acceptors (Lipinski definition) is 1. The van der Waals surface area contributed by atoms with Crippen LogP contribution in [0.2, 0.25) is 0 Å². The molecule has 3 heteroatoms. The van der Waals surface area contributed by atoms with Gasteiger partial charge in [0.1, 0.15) is 5.52 Å². The lowest BCUT2D eigenvalue weighted by Crippen LogP contribution is -2.05.